The molecule has 0 unspecified atom stereocenters. The highest BCUT2D eigenvalue weighted by Gasteiger charge is 2.14. The largest absolute Gasteiger partial charge is 0.340 e. The number of imidazole rings is 1. The summed E-state index contributed by atoms with van der Waals surface area (Å²) in [5.74, 6) is 1.64. The fourth-order valence-electron chi connectivity index (χ4n) is 3.08. The molecule has 0 atom stereocenters. The van der Waals surface area contributed by atoms with Crippen molar-refractivity contribution in [1.29, 1.82) is 0 Å². The molecule has 136 valence electrons. The monoisotopic (exact) mass is 396 g/mol. The Morgan fingerprint density at radius 1 is 1.00 bits per heavy atom. The van der Waals surface area contributed by atoms with E-state index in [9.17, 15) is 0 Å². The minimum Gasteiger partial charge on any atom is -0.340 e. The quantitative estimate of drug-likeness (QED) is 0.415. The SMILES string of the molecule is CCCn1c(-c2ccc(Nc3ccc(Cl)cc3)nc2)nc2cccc(Cl)c21. The Hall–Kier alpha value is -2.56. The fourth-order valence-corrected chi connectivity index (χ4v) is 3.48. The first kappa shape index (κ1) is 17.8. The second kappa shape index (κ2) is 7.59. The lowest BCUT2D eigenvalue weighted by Crippen LogP contribution is -2.01. The number of fused-ring (bicyclic) bond motifs is 1. The molecule has 0 fully saturated rings. The average molecular weight is 397 g/mol. The fraction of sp³-hybridized carbons (Fsp3) is 0.143. The van der Waals surface area contributed by atoms with Crippen LogP contribution >= 0.6 is 23.2 Å². The third kappa shape index (κ3) is 3.64. The van der Waals surface area contributed by atoms with Crippen LogP contribution in [-0.4, -0.2) is 14.5 Å². The number of para-hydroxylation sites is 1. The van der Waals surface area contributed by atoms with Gasteiger partial charge in [0, 0.05) is 29.0 Å². The molecule has 1 N–H and O–H groups in total. The van der Waals surface area contributed by atoms with Gasteiger partial charge >= 0.3 is 0 Å². The van der Waals surface area contributed by atoms with E-state index < -0.39 is 0 Å². The average Bonchev–Trinajstić information content (AvgIpc) is 3.04. The van der Waals surface area contributed by atoms with Crippen LogP contribution in [0.5, 0.6) is 0 Å². The van der Waals surface area contributed by atoms with Gasteiger partial charge in [-0.3, -0.25) is 0 Å². The second-order valence-corrected chi connectivity index (χ2v) is 7.10. The topological polar surface area (TPSA) is 42.7 Å². The summed E-state index contributed by atoms with van der Waals surface area (Å²) in [7, 11) is 0. The first-order valence-corrected chi connectivity index (χ1v) is 9.55. The normalized spacial score (nSPS) is 11.1. The van der Waals surface area contributed by atoms with Crippen molar-refractivity contribution in [2.75, 3.05) is 5.32 Å². The number of anilines is 2. The summed E-state index contributed by atoms with van der Waals surface area (Å²) >= 11 is 12.4. The van der Waals surface area contributed by atoms with Crippen molar-refractivity contribution in [3.63, 3.8) is 0 Å². The highest BCUT2D eigenvalue weighted by molar-refractivity contribution is 6.35. The van der Waals surface area contributed by atoms with Crippen molar-refractivity contribution >= 4 is 45.7 Å². The summed E-state index contributed by atoms with van der Waals surface area (Å²) < 4.78 is 2.17. The van der Waals surface area contributed by atoms with Crippen LogP contribution in [0.2, 0.25) is 10.0 Å². The standard InChI is InChI=1S/C21H18Cl2N4/c1-2-12-27-20-17(23)4-3-5-18(20)26-21(27)14-6-11-19(24-13-14)25-16-9-7-15(22)8-10-16/h3-11,13H,2,12H2,1H3,(H,24,25). The molecule has 2 heterocycles. The van der Waals surface area contributed by atoms with E-state index in [1.54, 1.807) is 0 Å². The van der Waals surface area contributed by atoms with Crippen molar-refractivity contribution in [3.8, 4) is 11.4 Å². The Balaban J connectivity index is 1.68. The van der Waals surface area contributed by atoms with Gasteiger partial charge in [0.15, 0.2) is 0 Å². The van der Waals surface area contributed by atoms with E-state index >= 15 is 0 Å². The van der Waals surface area contributed by atoms with Crippen LogP contribution in [-0.2, 0) is 6.54 Å². The minimum atomic E-state index is 0.706. The van der Waals surface area contributed by atoms with Gasteiger partial charge in [0.1, 0.15) is 11.6 Å². The van der Waals surface area contributed by atoms with Crippen LogP contribution in [0.1, 0.15) is 13.3 Å². The summed E-state index contributed by atoms with van der Waals surface area (Å²) in [5, 5.41) is 4.69. The van der Waals surface area contributed by atoms with E-state index in [-0.39, 0.29) is 0 Å². The van der Waals surface area contributed by atoms with Gasteiger partial charge in [-0.1, -0.05) is 36.2 Å². The van der Waals surface area contributed by atoms with Crippen LogP contribution < -0.4 is 5.32 Å². The van der Waals surface area contributed by atoms with Crippen molar-refractivity contribution in [2.45, 2.75) is 19.9 Å². The zero-order valence-electron chi connectivity index (χ0n) is 14.8. The minimum absolute atomic E-state index is 0.706. The molecular weight excluding hydrogens is 379 g/mol. The molecule has 0 radical (unpaired) electrons. The molecule has 0 amide bonds. The molecule has 4 rings (SSSR count). The number of nitrogens with zero attached hydrogens (tertiary/aromatic N) is 3. The first-order chi connectivity index (χ1) is 13.2. The lowest BCUT2D eigenvalue weighted by Gasteiger charge is -2.10. The van der Waals surface area contributed by atoms with Crippen LogP contribution in [0.4, 0.5) is 11.5 Å². The van der Waals surface area contributed by atoms with Crippen LogP contribution in [0.15, 0.2) is 60.8 Å². The summed E-state index contributed by atoms with van der Waals surface area (Å²) in [6.45, 7) is 2.99. The molecule has 0 saturated heterocycles. The van der Waals surface area contributed by atoms with E-state index in [1.165, 1.54) is 0 Å². The Kier molecular flexibility index (Phi) is 5.01. The molecule has 0 bridgehead atoms. The molecular formula is C21H18Cl2N4. The van der Waals surface area contributed by atoms with E-state index in [4.69, 9.17) is 28.2 Å². The Bertz CT molecular complexity index is 1070. The maximum absolute atomic E-state index is 6.43. The van der Waals surface area contributed by atoms with Gasteiger partial charge in [-0.2, -0.15) is 0 Å². The number of halogens is 2. The number of rotatable bonds is 5. The molecule has 0 spiro atoms. The lowest BCUT2D eigenvalue weighted by molar-refractivity contribution is 0.704. The third-order valence-corrected chi connectivity index (χ3v) is 4.86. The number of aryl methyl sites for hydroxylation is 1. The first-order valence-electron chi connectivity index (χ1n) is 8.79. The zero-order valence-corrected chi connectivity index (χ0v) is 16.3. The van der Waals surface area contributed by atoms with Crippen molar-refractivity contribution in [1.82, 2.24) is 14.5 Å². The maximum atomic E-state index is 6.43. The Morgan fingerprint density at radius 3 is 2.52 bits per heavy atom. The number of benzene rings is 2. The van der Waals surface area contributed by atoms with Gasteiger partial charge < -0.3 is 9.88 Å². The van der Waals surface area contributed by atoms with Gasteiger partial charge in [0.25, 0.3) is 0 Å². The summed E-state index contributed by atoms with van der Waals surface area (Å²) in [4.78, 5) is 9.33. The van der Waals surface area contributed by atoms with Crippen molar-refractivity contribution < 1.29 is 0 Å². The summed E-state index contributed by atoms with van der Waals surface area (Å²) in [5.41, 5.74) is 3.76. The summed E-state index contributed by atoms with van der Waals surface area (Å²) in [6, 6.07) is 17.3. The third-order valence-electron chi connectivity index (χ3n) is 4.30. The molecule has 6 heteroatoms. The van der Waals surface area contributed by atoms with Crippen LogP contribution in [0, 0.1) is 0 Å². The van der Waals surface area contributed by atoms with Gasteiger partial charge in [-0.15, -0.1) is 0 Å². The molecule has 4 nitrogen and oxygen atoms in total. The molecule has 2 aromatic heterocycles. The predicted molar refractivity (Wildman–Crippen MR) is 113 cm³/mol. The molecule has 2 aromatic carbocycles. The van der Waals surface area contributed by atoms with Gasteiger partial charge in [0.2, 0.25) is 0 Å². The zero-order chi connectivity index (χ0) is 18.8. The molecule has 0 aliphatic rings. The van der Waals surface area contributed by atoms with Crippen LogP contribution in [0.3, 0.4) is 0 Å². The lowest BCUT2D eigenvalue weighted by atomic mass is 10.2. The highest BCUT2D eigenvalue weighted by Crippen LogP contribution is 2.30. The Labute approximate surface area is 167 Å². The van der Waals surface area contributed by atoms with Gasteiger partial charge in [-0.25, -0.2) is 9.97 Å². The van der Waals surface area contributed by atoms with Gasteiger partial charge in [0.05, 0.1) is 16.1 Å². The number of pyridine rings is 1. The van der Waals surface area contributed by atoms with Crippen molar-refractivity contribution in [3.05, 3.63) is 70.8 Å². The highest BCUT2D eigenvalue weighted by atomic mass is 35.5. The number of nitrogens with one attached hydrogen (secondary N) is 1. The summed E-state index contributed by atoms with van der Waals surface area (Å²) in [6.07, 6.45) is 2.83. The number of hydrogen-bond donors (Lipinski definition) is 1. The molecule has 0 aliphatic heterocycles. The molecule has 27 heavy (non-hydrogen) atoms. The van der Waals surface area contributed by atoms with E-state index in [0.29, 0.717) is 10.0 Å². The molecule has 0 aliphatic carbocycles. The molecule has 0 saturated carbocycles. The number of hydrogen-bond acceptors (Lipinski definition) is 3. The van der Waals surface area contributed by atoms with Crippen LogP contribution in [0.25, 0.3) is 22.4 Å². The van der Waals surface area contributed by atoms with E-state index in [0.717, 1.165) is 46.9 Å². The van der Waals surface area contributed by atoms with Crippen molar-refractivity contribution in [2.24, 2.45) is 0 Å². The van der Waals surface area contributed by atoms with Gasteiger partial charge in [-0.05, 0) is 55.0 Å². The maximum Gasteiger partial charge on any atom is 0.142 e. The van der Waals surface area contributed by atoms with E-state index in [1.807, 2.05) is 60.8 Å². The number of aromatic nitrogens is 3. The smallest absolute Gasteiger partial charge is 0.142 e. The van der Waals surface area contributed by atoms with E-state index in [2.05, 4.69) is 21.8 Å². The Morgan fingerprint density at radius 2 is 1.81 bits per heavy atom. The predicted octanol–water partition coefficient (Wildman–Crippen LogP) is 6.56. The molecule has 4 aromatic rings. The second-order valence-electron chi connectivity index (χ2n) is 6.26.